The maximum Gasteiger partial charge on any atom is 0.293 e. The number of anilines is 1. The quantitative estimate of drug-likeness (QED) is 0.777. The second-order valence-electron chi connectivity index (χ2n) is 5.08. The SMILES string of the molecule is CCCN(CC)CCNc1nccn(C2CC2)c1=O. The van der Waals surface area contributed by atoms with Crippen LogP contribution in [0, 0.1) is 0 Å². The van der Waals surface area contributed by atoms with E-state index < -0.39 is 0 Å². The molecule has 5 nitrogen and oxygen atoms in total. The number of nitrogens with one attached hydrogen (secondary N) is 1. The number of nitrogens with zero attached hydrogens (tertiary/aromatic N) is 3. The number of rotatable bonds is 8. The van der Waals surface area contributed by atoms with E-state index in [-0.39, 0.29) is 5.56 Å². The Labute approximate surface area is 114 Å². The molecule has 1 N–H and O–H groups in total. The minimum Gasteiger partial charge on any atom is -0.364 e. The average molecular weight is 264 g/mol. The van der Waals surface area contributed by atoms with Gasteiger partial charge in [-0.3, -0.25) is 4.79 Å². The molecule has 1 heterocycles. The van der Waals surface area contributed by atoms with Gasteiger partial charge in [0, 0.05) is 31.5 Å². The molecule has 1 aromatic rings. The summed E-state index contributed by atoms with van der Waals surface area (Å²) >= 11 is 0. The number of hydrogen-bond acceptors (Lipinski definition) is 4. The molecule has 0 bridgehead atoms. The Morgan fingerprint density at radius 1 is 1.42 bits per heavy atom. The zero-order valence-corrected chi connectivity index (χ0v) is 11.9. The van der Waals surface area contributed by atoms with Gasteiger partial charge in [-0.05, 0) is 32.4 Å². The van der Waals surface area contributed by atoms with E-state index in [4.69, 9.17) is 0 Å². The third-order valence-corrected chi connectivity index (χ3v) is 3.52. The Balaban J connectivity index is 1.89. The molecule has 5 heteroatoms. The van der Waals surface area contributed by atoms with Crippen molar-refractivity contribution in [2.24, 2.45) is 0 Å². The van der Waals surface area contributed by atoms with Crippen LogP contribution in [0.2, 0.25) is 0 Å². The molecule has 19 heavy (non-hydrogen) atoms. The highest BCUT2D eigenvalue weighted by molar-refractivity contribution is 5.31. The molecule has 2 rings (SSSR count). The second-order valence-corrected chi connectivity index (χ2v) is 5.08. The lowest BCUT2D eigenvalue weighted by atomic mass is 10.4. The standard InChI is InChI=1S/C14H24N4O/c1-3-9-17(4-2)10-7-15-13-14(19)18(11-8-16-13)12-5-6-12/h8,11-12H,3-7,9-10H2,1-2H3,(H,15,16). The van der Waals surface area contributed by atoms with E-state index in [9.17, 15) is 4.79 Å². The van der Waals surface area contributed by atoms with Gasteiger partial charge < -0.3 is 14.8 Å². The first kappa shape index (κ1) is 14.1. The molecule has 1 aliphatic carbocycles. The minimum atomic E-state index is 0.0172. The zero-order chi connectivity index (χ0) is 13.7. The van der Waals surface area contributed by atoms with Gasteiger partial charge in [-0.2, -0.15) is 0 Å². The molecule has 0 aromatic carbocycles. The highest BCUT2D eigenvalue weighted by atomic mass is 16.1. The smallest absolute Gasteiger partial charge is 0.293 e. The molecule has 0 spiro atoms. The van der Waals surface area contributed by atoms with E-state index in [1.807, 2.05) is 0 Å². The molecule has 1 fully saturated rings. The summed E-state index contributed by atoms with van der Waals surface area (Å²) in [6, 6.07) is 0.406. The monoisotopic (exact) mass is 264 g/mol. The second kappa shape index (κ2) is 6.70. The molecule has 1 aliphatic rings. The Morgan fingerprint density at radius 3 is 2.84 bits per heavy atom. The van der Waals surface area contributed by atoms with Crippen LogP contribution in [0.3, 0.4) is 0 Å². The summed E-state index contributed by atoms with van der Waals surface area (Å²) in [5.41, 5.74) is 0.0172. The number of aromatic nitrogens is 2. The van der Waals surface area contributed by atoms with Crippen LogP contribution in [-0.2, 0) is 0 Å². The molecule has 0 atom stereocenters. The first-order valence-corrected chi connectivity index (χ1v) is 7.29. The predicted octanol–water partition coefficient (Wildman–Crippen LogP) is 1.72. The van der Waals surface area contributed by atoms with E-state index in [0.717, 1.165) is 45.4 Å². The van der Waals surface area contributed by atoms with Crippen LogP contribution in [0.1, 0.15) is 39.2 Å². The Morgan fingerprint density at radius 2 is 2.21 bits per heavy atom. The van der Waals surface area contributed by atoms with Gasteiger partial charge in [0.1, 0.15) is 0 Å². The van der Waals surface area contributed by atoms with Crippen LogP contribution in [-0.4, -0.2) is 40.6 Å². The van der Waals surface area contributed by atoms with Gasteiger partial charge in [-0.25, -0.2) is 4.98 Å². The van der Waals surface area contributed by atoms with Crippen LogP contribution in [0.25, 0.3) is 0 Å². The molecular weight excluding hydrogens is 240 g/mol. The first-order valence-electron chi connectivity index (χ1n) is 7.29. The van der Waals surface area contributed by atoms with Gasteiger partial charge in [-0.1, -0.05) is 13.8 Å². The first-order chi connectivity index (χ1) is 9.26. The minimum absolute atomic E-state index is 0.0172. The van der Waals surface area contributed by atoms with Crippen LogP contribution in [0.4, 0.5) is 5.82 Å². The van der Waals surface area contributed by atoms with Gasteiger partial charge in [0.2, 0.25) is 0 Å². The van der Waals surface area contributed by atoms with Crippen molar-refractivity contribution >= 4 is 5.82 Å². The zero-order valence-electron chi connectivity index (χ0n) is 11.9. The van der Waals surface area contributed by atoms with E-state index >= 15 is 0 Å². The lowest BCUT2D eigenvalue weighted by Gasteiger charge is -2.19. The van der Waals surface area contributed by atoms with Crippen LogP contribution in [0.15, 0.2) is 17.2 Å². The topological polar surface area (TPSA) is 50.2 Å². The van der Waals surface area contributed by atoms with Gasteiger partial charge in [0.15, 0.2) is 5.82 Å². The molecular formula is C14H24N4O. The van der Waals surface area contributed by atoms with Gasteiger partial charge in [-0.15, -0.1) is 0 Å². The fourth-order valence-corrected chi connectivity index (χ4v) is 2.26. The fourth-order valence-electron chi connectivity index (χ4n) is 2.26. The third kappa shape index (κ3) is 3.80. The fraction of sp³-hybridized carbons (Fsp3) is 0.714. The van der Waals surface area contributed by atoms with Crippen LogP contribution >= 0.6 is 0 Å². The maximum atomic E-state index is 12.1. The summed E-state index contributed by atoms with van der Waals surface area (Å²) in [5, 5.41) is 3.17. The lowest BCUT2D eigenvalue weighted by Crippen LogP contribution is -2.31. The normalized spacial score (nSPS) is 14.9. The molecule has 0 unspecified atom stereocenters. The molecule has 0 amide bonds. The molecule has 1 aromatic heterocycles. The van der Waals surface area contributed by atoms with Gasteiger partial charge >= 0.3 is 0 Å². The van der Waals surface area contributed by atoms with Crippen LogP contribution in [0.5, 0.6) is 0 Å². The summed E-state index contributed by atoms with van der Waals surface area (Å²) in [6.07, 6.45) is 6.89. The third-order valence-electron chi connectivity index (χ3n) is 3.52. The summed E-state index contributed by atoms with van der Waals surface area (Å²) in [5.74, 6) is 0.488. The Hall–Kier alpha value is -1.36. The highest BCUT2D eigenvalue weighted by Gasteiger charge is 2.25. The van der Waals surface area contributed by atoms with Crippen molar-refractivity contribution in [3.05, 3.63) is 22.7 Å². The van der Waals surface area contributed by atoms with Crippen LogP contribution < -0.4 is 10.9 Å². The van der Waals surface area contributed by atoms with Crippen molar-refractivity contribution in [2.75, 3.05) is 31.5 Å². The Bertz CT molecular complexity index is 453. The van der Waals surface area contributed by atoms with Gasteiger partial charge in [0.25, 0.3) is 5.56 Å². The van der Waals surface area contributed by atoms with E-state index in [1.54, 1.807) is 17.0 Å². The molecule has 106 valence electrons. The highest BCUT2D eigenvalue weighted by Crippen LogP contribution is 2.33. The summed E-state index contributed by atoms with van der Waals surface area (Å²) in [6.45, 7) is 8.21. The predicted molar refractivity (Wildman–Crippen MR) is 77.7 cm³/mol. The number of hydrogen-bond donors (Lipinski definition) is 1. The summed E-state index contributed by atoms with van der Waals surface area (Å²) < 4.78 is 1.80. The Kier molecular flexibility index (Phi) is 4.96. The molecule has 0 radical (unpaired) electrons. The summed E-state index contributed by atoms with van der Waals surface area (Å²) in [4.78, 5) is 18.7. The summed E-state index contributed by atoms with van der Waals surface area (Å²) in [7, 11) is 0. The van der Waals surface area contributed by atoms with Crippen molar-refractivity contribution in [1.29, 1.82) is 0 Å². The van der Waals surface area contributed by atoms with Crippen molar-refractivity contribution in [3.8, 4) is 0 Å². The molecule has 0 aliphatic heterocycles. The van der Waals surface area contributed by atoms with Crippen molar-refractivity contribution in [1.82, 2.24) is 14.5 Å². The van der Waals surface area contributed by atoms with Crippen molar-refractivity contribution in [2.45, 2.75) is 39.2 Å². The maximum absolute atomic E-state index is 12.1. The lowest BCUT2D eigenvalue weighted by molar-refractivity contribution is 0.300. The average Bonchev–Trinajstić information content (AvgIpc) is 3.24. The van der Waals surface area contributed by atoms with Crippen molar-refractivity contribution < 1.29 is 0 Å². The van der Waals surface area contributed by atoms with Crippen molar-refractivity contribution in [3.63, 3.8) is 0 Å². The molecule has 0 saturated heterocycles. The van der Waals surface area contributed by atoms with E-state index in [2.05, 4.69) is 29.0 Å². The number of likely N-dealkylation sites (N-methyl/N-ethyl adjacent to an activating group) is 1. The largest absolute Gasteiger partial charge is 0.364 e. The van der Waals surface area contributed by atoms with Gasteiger partial charge in [0.05, 0.1) is 0 Å². The van der Waals surface area contributed by atoms with E-state index in [0.29, 0.717) is 11.9 Å². The molecule has 1 saturated carbocycles. The van der Waals surface area contributed by atoms with E-state index in [1.165, 1.54) is 0 Å².